The van der Waals surface area contributed by atoms with Crippen LogP contribution in [0, 0.1) is 6.92 Å². The number of nitrogens with zero attached hydrogens (tertiary/aromatic N) is 4. The summed E-state index contributed by atoms with van der Waals surface area (Å²) in [5.41, 5.74) is 1.47. The summed E-state index contributed by atoms with van der Waals surface area (Å²) in [7, 11) is 0. The standard InChI is InChI=1S/C23H27ClN6O5S/c1-4-14-19(24)28-20(26-14)21(32)27-15-7-8-29(11-16(15)35-5-2)13-6-9-30(17(31)10-13)23-25-12(3)18(36-23)22(33)34/h6,9-10,15-16H,4-5,7-8,11H2,1-3H3,(H,26,28)(H,27,32)(H,33,34)/t15-,16+/m0/s1. The first-order valence-corrected chi connectivity index (χ1v) is 12.8. The van der Waals surface area contributed by atoms with Crippen LogP contribution in [0.1, 0.15) is 51.9 Å². The number of aromatic amines is 1. The highest BCUT2D eigenvalue weighted by Gasteiger charge is 2.32. The first kappa shape index (κ1) is 25.9. The third-order valence-electron chi connectivity index (χ3n) is 6.01. The minimum atomic E-state index is -1.07. The van der Waals surface area contributed by atoms with Crippen LogP contribution in [0.4, 0.5) is 5.69 Å². The second-order valence-corrected chi connectivity index (χ2v) is 9.66. The van der Waals surface area contributed by atoms with E-state index in [9.17, 15) is 19.5 Å². The molecule has 1 amide bonds. The number of rotatable bonds is 8. The monoisotopic (exact) mass is 534 g/mol. The second kappa shape index (κ2) is 10.8. The van der Waals surface area contributed by atoms with Gasteiger partial charge in [-0.05, 0) is 32.8 Å². The number of aromatic carboxylic acids is 1. The molecule has 1 aliphatic rings. The second-order valence-electron chi connectivity index (χ2n) is 8.33. The van der Waals surface area contributed by atoms with Crippen molar-refractivity contribution in [1.29, 1.82) is 0 Å². The molecule has 1 saturated heterocycles. The fraction of sp³-hybridized carbons (Fsp3) is 0.435. The number of nitrogens with one attached hydrogen (secondary N) is 2. The van der Waals surface area contributed by atoms with Gasteiger partial charge in [0.15, 0.2) is 16.1 Å². The van der Waals surface area contributed by atoms with E-state index in [1.807, 2.05) is 18.7 Å². The van der Waals surface area contributed by atoms with Gasteiger partial charge in [0.2, 0.25) is 0 Å². The molecule has 0 unspecified atom stereocenters. The molecule has 0 bridgehead atoms. The molecule has 36 heavy (non-hydrogen) atoms. The highest BCUT2D eigenvalue weighted by Crippen LogP contribution is 2.24. The molecule has 0 saturated carbocycles. The molecular formula is C23H27ClN6O5S. The Labute approximate surface area is 216 Å². The molecule has 2 atom stereocenters. The summed E-state index contributed by atoms with van der Waals surface area (Å²) >= 11 is 7.03. The predicted molar refractivity (Wildman–Crippen MR) is 136 cm³/mol. The first-order chi connectivity index (χ1) is 17.2. The van der Waals surface area contributed by atoms with Gasteiger partial charge in [-0.1, -0.05) is 29.9 Å². The Kier molecular flexibility index (Phi) is 7.76. The SMILES string of the molecule is CCO[C@@H]1CN(c2ccn(-c3nc(C)c(C(=O)O)s3)c(=O)c2)CC[C@@H]1NC(=O)c1nc(Cl)c(CC)[nH]1. The van der Waals surface area contributed by atoms with Crippen molar-refractivity contribution in [1.82, 2.24) is 24.8 Å². The number of carbonyl (C=O) groups excluding carboxylic acids is 1. The number of anilines is 1. The predicted octanol–water partition coefficient (Wildman–Crippen LogP) is 2.65. The lowest BCUT2D eigenvalue weighted by Gasteiger charge is -2.39. The molecule has 3 aromatic rings. The normalized spacial score (nSPS) is 17.8. The van der Waals surface area contributed by atoms with Gasteiger partial charge in [0.25, 0.3) is 11.5 Å². The highest BCUT2D eigenvalue weighted by molar-refractivity contribution is 7.16. The van der Waals surface area contributed by atoms with E-state index < -0.39 is 5.97 Å². The summed E-state index contributed by atoms with van der Waals surface area (Å²) in [5.74, 6) is -1.25. The lowest BCUT2D eigenvalue weighted by atomic mass is 10.0. The van der Waals surface area contributed by atoms with Gasteiger partial charge >= 0.3 is 5.97 Å². The van der Waals surface area contributed by atoms with Crippen LogP contribution in [0.2, 0.25) is 5.15 Å². The molecule has 13 heteroatoms. The van der Waals surface area contributed by atoms with E-state index in [1.54, 1.807) is 19.2 Å². The molecule has 3 N–H and O–H groups in total. The molecular weight excluding hydrogens is 508 g/mol. The van der Waals surface area contributed by atoms with Crippen molar-refractivity contribution >= 4 is 40.5 Å². The number of hydrogen-bond acceptors (Lipinski definition) is 8. The van der Waals surface area contributed by atoms with Crippen molar-refractivity contribution in [3.05, 3.63) is 55.9 Å². The van der Waals surface area contributed by atoms with Crippen molar-refractivity contribution < 1.29 is 19.4 Å². The number of imidazole rings is 1. The van der Waals surface area contributed by atoms with Crippen molar-refractivity contribution in [3.63, 3.8) is 0 Å². The fourth-order valence-electron chi connectivity index (χ4n) is 4.17. The van der Waals surface area contributed by atoms with E-state index in [-0.39, 0.29) is 34.3 Å². The maximum absolute atomic E-state index is 12.8. The number of ether oxygens (including phenoxy) is 1. The van der Waals surface area contributed by atoms with Crippen LogP contribution in [0.25, 0.3) is 5.13 Å². The minimum absolute atomic E-state index is 0.104. The van der Waals surface area contributed by atoms with Gasteiger partial charge in [0.1, 0.15) is 4.88 Å². The summed E-state index contributed by atoms with van der Waals surface area (Å²) in [6, 6.07) is 3.05. The minimum Gasteiger partial charge on any atom is -0.477 e. The zero-order valence-corrected chi connectivity index (χ0v) is 21.6. The molecule has 0 spiro atoms. The Bertz CT molecular complexity index is 1330. The largest absolute Gasteiger partial charge is 0.477 e. The molecule has 0 aromatic carbocycles. The number of pyridine rings is 1. The molecule has 3 aromatic heterocycles. The maximum Gasteiger partial charge on any atom is 0.347 e. The molecule has 4 heterocycles. The summed E-state index contributed by atoms with van der Waals surface area (Å²) in [6.07, 6.45) is 2.53. The number of carboxylic acids is 1. The van der Waals surface area contributed by atoms with Crippen molar-refractivity contribution in [2.75, 3.05) is 24.6 Å². The Morgan fingerprint density at radius 2 is 2.14 bits per heavy atom. The van der Waals surface area contributed by atoms with Crippen LogP contribution in [0.3, 0.4) is 0 Å². The van der Waals surface area contributed by atoms with Gasteiger partial charge in [-0.3, -0.25) is 14.2 Å². The highest BCUT2D eigenvalue weighted by atomic mass is 35.5. The number of aryl methyl sites for hydroxylation is 2. The number of halogens is 1. The number of hydrogen-bond donors (Lipinski definition) is 3. The van der Waals surface area contributed by atoms with Crippen molar-refractivity contribution in [2.24, 2.45) is 0 Å². The van der Waals surface area contributed by atoms with Crippen molar-refractivity contribution in [2.45, 2.75) is 45.8 Å². The number of piperidine rings is 1. The quantitative estimate of drug-likeness (QED) is 0.400. The summed E-state index contributed by atoms with van der Waals surface area (Å²) in [6.45, 7) is 6.94. The zero-order chi connectivity index (χ0) is 26.0. The van der Waals surface area contributed by atoms with Gasteiger partial charge in [0, 0.05) is 37.6 Å². The molecule has 1 fully saturated rings. The van der Waals surface area contributed by atoms with E-state index in [4.69, 9.17) is 16.3 Å². The maximum atomic E-state index is 12.8. The Morgan fingerprint density at radius 3 is 2.75 bits per heavy atom. The molecule has 4 rings (SSSR count). The Morgan fingerprint density at radius 1 is 1.36 bits per heavy atom. The number of carbonyl (C=O) groups is 2. The zero-order valence-electron chi connectivity index (χ0n) is 20.1. The van der Waals surface area contributed by atoms with E-state index in [1.165, 1.54) is 10.6 Å². The van der Waals surface area contributed by atoms with E-state index in [0.29, 0.717) is 59.9 Å². The van der Waals surface area contributed by atoms with Crippen LogP contribution < -0.4 is 15.8 Å². The number of H-pyrrole nitrogens is 1. The van der Waals surface area contributed by atoms with Gasteiger partial charge in [-0.25, -0.2) is 14.8 Å². The van der Waals surface area contributed by atoms with Gasteiger partial charge < -0.3 is 25.0 Å². The van der Waals surface area contributed by atoms with Gasteiger partial charge in [-0.2, -0.15) is 0 Å². The fourth-order valence-corrected chi connectivity index (χ4v) is 5.33. The van der Waals surface area contributed by atoms with Crippen LogP contribution in [0.15, 0.2) is 23.1 Å². The molecule has 192 valence electrons. The van der Waals surface area contributed by atoms with Gasteiger partial charge in [0.05, 0.1) is 23.5 Å². The Balaban J connectivity index is 1.48. The van der Waals surface area contributed by atoms with E-state index in [2.05, 4.69) is 20.3 Å². The third-order valence-corrected chi connectivity index (χ3v) is 7.46. The van der Waals surface area contributed by atoms with Gasteiger partial charge in [-0.15, -0.1) is 0 Å². The lowest BCUT2D eigenvalue weighted by Crippen LogP contribution is -2.55. The molecule has 0 aliphatic carbocycles. The number of aromatic nitrogens is 4. The topological polar surface area (TPSA) is 142 Å². The van der Waals surface area contributed by atoms with Crippen molar-refractivity contribution in [3.8, 4) is 5.13 Å². The third kappa shape index (κ3) is 5.30. The molecule has 11 nitrogen and oxygen atoms in total. The average Bonchev–Trinajstić information content (AvgIpc) is 3.42. The first-order valence-electron chi connectivity index (χ1n) is 11.6. The number of amides is 1. The smallest absolute Gasteiger partial charge is 0.347 e. The van der Waals surface area contributed by atoms with Crippen LogP contribution >= 0.6 is 22.9 Å². The van der Waals surface area contributed by atoms with E-state index in [0.717, 1.165) is 11.3 Å². The van der Waals surface area contributed by atoms with Crippen LogP contribution in [0.5, 0.6) is 0 Å². The summed E-state index contributed by atoms with van der Waals surface area (Å²) in [4.78, 5) is 50.4. The number of carboxylic acid groups (broad SMARTS) is 1. The summed E-state index contributed by atoms with van der Waals surface area (Å²) in [5, 5.41) is 12.9. The van der Waals surface area contributed by atoms with Crippen LogP contribution in [-0.4, -0.2) is 68.3 Å². The summed E-state index contributed by atoms with van der Waals surface area (Å²) < 4.78 is 7.27. The Hall–Kier alpha value is -3.22. The molecule has 0 radical (unpaired) electrons. The molecule has 1 aliphatic heterocycles. The number of thiazole rings is 1. The average molecular weight is 535 g/mol. The van der Waals surface area contributed by atoms with E-state index >= 15 is 0 Å². The lowest BCUT2D eigenvalue weighted by molar-refractivity contribution is 0.0271. The van der Waals surface area contributed by atoms with Crippen LogP contribution in [-0.2, 0) is 11.2 Å².